The van der Waals surface area contributed by atoms with Gasteiger partial charge in [-0.25, -0.2) is 13.9 Å². The number of esters is 1. The first-order valence-corrected chi connectivity index (χ1v) is 8.24. The van der Waals surface area contributed by atoms with Gasteiger partial charge in [0.05, 0.1) is 25.7 Å². The Hall–Kier alpha value is -2.81. The molecule has 0 atom stereocenters. The molecule has 0 bridgehead atoms. The molecule has 3 rings (SSSR count). The average molecular weight is 361 g/mol. The minimum atomic E-state index is -0.523. The SMILES string of the molecule is COC(=O)c1cn(CN2CCN(c3ccc(C(C)=O)cc3F)CC2)nn1. The highest BCUT2D eigenvalue weighted by Crippen LogP contribution is 2.22. The lowest BCUT2D eigenvalue weighted by Gasteiger charge is -2.36. The van der Waals surface area contributed by atoms with Crippen molar-refractivity contribution < 1.29 is 18.7 Å². The lowest BCUT2D eigenvalue weighted by Crippen LogP contribution is -2.47. The van der Waals surface area contributed by atoms with Crippen LogP contribution in [0.3, 0.4) is 0 Å². The van der Waals surface area contributed by atoms with Crippen LogP contribution in [0.1, 0.15) is 27.8 Å². The third-order valence-electron chi connectivity index (χ3n) is 4.35. The first kappa shape index (κ1) is 18.0. The monoisotopic (exact) mass is 361 g/mol. The Bertz CT molecular complexity index is 814. The van der Waals surface area contributed by atoms with E-state index in [1.165, 1.54) is 20.1 Å². The molecule has 26 heavy (non-hydrogen) atoms. The fraction of sp³-hybridized carbons (Fsp3) is 0.412. The first-order valence-electron chi connectivity index (χ1n) is 8.24. The van der Waals surface area contributed by atoms with Crippen molar-refractivity contribution in [2.24, 2.45) is 0 Å². The molecule has 1 aromatic carbocycles. The van der Waals surface area contributed by atoms with Gasteiger partial charge < -0.3 is 9.64 Å². The van der Waals surface area contributed by atoms with E-state index in [1.807, 2.05) is 4.90 Å². The van der Waals surface area contributed by atoms with Gasteiger partial charge in [-0.1, -0.05) is 5.21 Å². The van der Waals surface area contributed by atoms with E-state index in [1.54, 1.807) is 23.0 Å². The minimum Gasteiger partial charge on any atom is -0.464 e. The van der Waals surface area contributed by atoms with Crippen molar-refractivity contribution in [1.82, 2.24) is 19.9 Å². The number of ketones is 1. The molecule has 138 valence electrons. The van der Waals surface area contributed by atoms with E-state index in [0.717, 1.165) is 0 Å². The van der Waals surface area contributed by atoms with Crippen LogP contribution in [0.2, 0.25) is 0 Å². The van der Waals surface area contributed by atoms with E-state index in [0.29, 0.717) is 44.1 Å². The Balaban J connectivity index is 1.58. The van der Waals surface area contributed by atoms with E-state index in [9.17, 15) is 14.0 Å². The Morgan fingerprint density at radius 3 is 2.58 bits per heavy atom. The number of rotatable bonds is 5. The number of benzene rings is 1. The molecule has 9 heteroatoms. The summed E-state index contributed by atoms with van der Waals surface area (Å²) in [4.78, 5) is 26.8. The number of aromatic nitrogens is 3. The molecule has 2 aromatic rings. The number of ether oxygens (including phenoxy) is 1. The van der Waals surface area contributed by atoms with Crippen LogP contribution < -0.4 is 4.90 Å². The van der Waals surface area contributed by atoms with Crippen LogP contribution in [0.5, 0.6) is 0 Å². The molecule has 2 heterocycles. The maximum atomic E-state index is 14.3. The predicted molar refractivity (Wildman–Crippen MR) is 91.6 cm³/mol. The standard InChI is InChI=1S/C17H20FN5O3/c1-12(24)13-3-4-16(14(18)9-13)22-7-5-21(6-8-22)11-23-10-15(19-20-23)17(25)26-2/h3-4,9-10H,5-8,11H2,1-2H3. The van der Waals surface area contributed by atoms with Crippen LogP contribution in [-0.2, 0) is 11.4 Å². The summed E-state index contributed by atoms with van der Waals surface area (Å²) in [5.41, 5.74) is 1.04. The minimum absolute atomic E-state index is 0.153. The molecule has 0 aliphatic carbocycles. The Morgan fingerprint density at radius 2 is 1.96 bits per heavy atom. The van der Waals surface area contributed by atoms with E-state index in [2.05, 4.69) is 19.9 Å². The molecule has 8 nitrogen and oxygen atoms in total. The van der Waals surface area contributed by atoms with Gasteiger partial charge in [0, 0.05) is 31.7 Å². The number of Topliss-reactive ketones (excluding diaryl/α,β-unsaturated/α-hetero) is 1. The zero-order chi connectivity index (χ0) is 18.7. The maximum absolute atomic E-state index is 14.3. The molecule has 0 saturated carbocycles. The highest BCUT2D eigenvalue weighted by molar-refractivity contribution is 5.94. The van der Waals surface area contributed by atoms with E-state index in [-0.39, 0.29) is 17.3 Å². The van der Waals surface area contributed by atoms with Gasteiger partial charge in [0.1, 0.15) is 5.82 Å². The Labute approximate surface area is 150 Å². The number of halogens is 1. The van der Waals surface area contributed by atoms with Crippen LogP contribution in [0, 0.1) is 5.82 Å². The van der Waals surface area contributed by atoms with Gasteiger partial charge in [0.25, 0.3) is 0 Å². The number of carbonyl (C=O) groups is 2. The van der Waals surface area contributed by atoms with Crippen molar-refractivity contribution in [3.8, 4) is 0 Å². The van der Waals surface area contributed by atoms with Gasteiger partial charge in [-0.3, -0.25) is 9.69 Å². The van der Waals surface area contributed by atoms with Gasteiger partial charge in [0.15, 0.2) is 11.5 Å². The lowest BCUT2D eigenvalue weighted by molar-refractivity contribution is 0.0593. The van der Waals surface area contributed by atoms with Gasteiger partial charge >= 0.3 is 5.97 Å². The van der Waals surface area contributed by atoms with Crippen LogP contribution in [0.4, 0.5) is 10.1 Å². The van der Waals surface area contributed by atoms with Crippen LogP contribution >= 0.6 is 0 Å². The van der Waals surface area contributed by atoms with E-state index < -0.39 is 5.97 Å². The summed E-state index contributed by atoms with van der Waals surface area (Å²) in [6.07, 6.45) is 1.54. The maximum Gasteiger partial charge on any atom is 0.360 e. The number of carbonyl (C=O) groups excluding carboxylic acids is 2. The summed E-state index contributed by atoms with van der Waals surface area (Å²) < 4.78 is 20.5. The van der Waals surface area contributed by atoms with Crippen LogP contribution in [0.15, 0.2) is 24.4 Å². The molecule has 1 saturated heterocycles. The van der Waals surface area contributed by atoms with Crippen molar-refractivity contribution in [1.29, 1.82) is 0 Å². The van der Waals surface area contributed by atoms with Crippen LogP contribution in [0.25, 0.3) is 0 Å². The molecule has 1 fully saturated rings. The van der Waals surface area contributed by atoms with Crippen molar-refractivity contribution in [3.63, 3.8) is 0 Å². The molecular formula is C17H20FN5O3. The number of methoxy groups -OCH3 is 1. The second kappa shape index (κ2) is 7.61. The largest absolute Gasteiger partial charge is 0.464 e. The summed E-state index contributed by atoms with van der Waals surface area (Å²) in [5.74, 6) is -1.06. The number of hydrogen-bond donors (Lipinski definition) is 0. The highest BCUT2D eigenvalue weighted by atomic mass is 19.1. The summed E-state index contributed by atoms with van der Waals surface area (Å²) in [6.45, 7) is 4.62. The molecule has 0 unspecified atom stereocenters. The number of hydrogen-bond acceptors (Lipinski definition) is 7. The quantitative estimate of drug-likeness (QED) is 0.584. The molecule has 0 radical (unpaired) electrons. The van der Waals surface area contributed by atoms with E-state index in [4.69, 9.17) is 0 Å². The zero-order valence-electron chi connectivity index (χ0n) is 14.7. The van der Waals surface area contributed by atoms with E-state index >= 15 is 0 Å². The number of nitrogens with zero attached hydrogens (tertiary/aromatic N) is 5. The fourth-order valence-corrected chi connectivity index (χ4v) is 2.88. The Morgan fingerprint density at radius 1 is 1.23 bits per heavy atom. The third kappa shape index (κ3) is 3.88. The van der Waals surface area contributed by atoms with Gasteiger partial charge in [-0.15, -0.1) is 5.10 Å². The lowest BCUT2D eigenvalue weighted by atomic mass is 10.1. The predicted octanol–water partition coefficient (Wildman–Crippen LogP) is 1.19. The fourth-order valence-electron chi connectivity index (χ4n) is 2.88. The molecular weight excluding hydrogens is 341 g/mol. The normalized spacial score (nSPS) is 15.1. The summed E-state index contributed by atoms with van der Waals surface area (Å²) in [7, 11) is 1.29. The third-order valence-corrected chi connectivity index (χ3v) is 4.35. The smallest absolute Gasteiger partial charge is 0.360 e. The van der Waals surface area contributed by atoms with Crippen molar-refractivity contribution in [3.05, 3.63) is 41.5 Å². The molecule has 1 aromatic heterocycles. The Kier molecular flexibility index (Phi) is 5.27. The van der Waals surface area contributed by atoms with Gasteiger partial charge in [-0.2, -0.15) is 0 Å². The van der Waals surface area contributed by atoms with Crippen molar-refractivity contribution in [2.75, 3.05) is 38.2 Å². The van der Waals surface area contributed by atoms with Crippen molar-refractivity contribution >= 4 is 17.4 Å². The molecule has 0 spiro atoms. The molecule has 1 aliphatic heterocycles. The van der Waals surface area contributed by atoms with Gasteiger partial charge in [-0.05, 0) is 25.1 Å². The topological polar surface area (TPSA) is 80.6 Å². The van der Waals surface area contributed by atoms with Gasteiger partial charge in [0.2, 0.25) is 0 Å². The summed E-state index contributed by atoms with van der Waals surface area (Å²) in [5, 5.41) is 7.69. The highest BCUT2D eigenvalue weighted by Gasteiger charge is 2.21. The zero-order valence-corrected chi connectivity index (χ0v) is 14.7. The average Bonchev–Trinajstić information content (AvgIpc) is 3.10. The number of anilines is 1. The molecule has 1 aliphatic rings. The first-order chi connectivity index (χ1) is 12.5. The second-order valence-electron chi connectivity index (χ2n) is 6.10. The van der Waals surface area contributed by atoms with Crippen LogP contribution in [-0.4, -0.2) is 64.9 Å². The summed E-state index contributed by atoms with van der Waals surface area (Å²) >= 11 is 0. The molecule has 0 N–H and O–H groups in total. The molecule has 0 amide bonds. The van der Waals surface area contributed by atoms with Crippen molar-refractivity contribution in [2.45, 2.75) is 13.6 Å². The second-order valence-corrected chi connectivity index (χ2v) is 6.10. The summed E-state index contributed by atoms with van der Waals surface area (Å²) in [6, 6.07) is 4.59. The number of piperazine rings is 1.